The monoisotopic (exact) mass is 623 g/mol. The molecule has 4 aromatic rings. The number of phenolic OH excluding ortho intramolecular Hbond substituents is 1. The molecular weight excluding hydrogens is 591 g/mol. The second-order valence-corrected chi connectivity index (χ2v) is 13.2. The number of halogens is 4. The molecule has 0 spiro atoms. The molecule has 2 bridgehead atoms. The Kier molecular flexibility index (Phi) is 6.80. The van der Waals surface area contributed by atoms with Crippen molar-refractivity contribution in [1.82, 2.24) is 20.2 Å². The number of alkyl halides is 1. The summed E-state index contributed by atoms with van der Waals surface area (Å²) < 4.78 is 52.7. The topological polar surface area (TPSA) is 73.8 Å². The maximum Gasteiger partial charge on any atom is 0.319 e. The average Bonchev–Trinajstić information content (AvgIpc) is 3.62. The Morgan fingerprint density at radius 2 is 1.93 bits per heavy atom. The van der Waals surface area contributed by atoms with Crippen LogP contribution in [0, 0.1) is 11.6 Å². The lowest BCUT2D eigenvalue weighted by Crippen LogP contribution is -2.43. The van der Waals surface area contributed by atoms with Crippen molar-refractivity contribution in [3.05, 3.63) is 53.1 Å². The van der Waals surface area contributed by atoms with E-state index < -0.39 is 23.3 Å². The Morgan fingerprint density at radius 1 is 1.07 bits per heavy atom. The Morgan fingerprint density at radius 3 is 2.82 bits per heavy atom. The summed E-state index contributed by atoms with van der Waals surface area (Å²) in [6.07, 6.45) is 4.35. The van der Waals surface area contributed by atoms with Gasteiger partial charge in [-0.1, -0.05) is 23.7 Å². The van der Waals surface area contributed by atoms with Gasteiger partial charge >= 0.3 is 6.01 Å². The lowest BCUT2D eigenvalue weighted by Gasteiger charge is -2.31. The van der Waals surface area contributed by atoms with Crippen LogP contribution in [0.3, 0.4) is 0 Å². The first-order valence-corrected chi connectivity index (χ1v) is 15.8. The van der Waals surface area contributed by atoms with Gasteiger partial charge in [0.15, 0.2) is 5.82 Å². The molecule has 44 heavy (non-hydrogen) atoms. The van der Waals surface area contributed by atoms with Crippen molar-refractivity contribution in [2.45, 2.75) is 62.3 Å². The second-order valence-electron chi connectivity index (χ2n) is 12.8. The van der Waals surface area contributed by atoms with E-state index in [0.29, 0.717) is 48.7 Å². The van der Waals surface area contributed by atoms with Gasteiger partial charge < -0.3 is 20.1 Å². The van der Waals surface area contributed by atoms with Crippen LogP contribution in [-0.4, -0.2) is 76.6 Å². The number of rotatable bonds is 5. The molecule has 1 aromatic heterocycles. The molecule has 4 aliphatic heterocycles. The van der Waals surface area contributed by atoms with Crippen molar-refractivity contribution >= 4 is 39.1 Å². The number of benzene rings is 3. The van der Waals surface area contributed by atoms with Gasteiger partial charge in [0.2, 0.25) is 0 Å². The lowest BCUT2D eigenvalue weighted by atomic mass is 9.95. The first kappa shape index (κ1) is 28.2. The molecule has 4 fully saturated rings. The number of hydrogen-bond donors (Lipinski definition) is 2. The van der Waals surface area contributed by atoms with Gasteiger partial charge in [0.25, 0.3) is 0 Å². The minimum atomic E-state index is -0.911. The molecular formula is C33H33ClF3N5O2. The summed E-state index contributed by atoms with van der Waals surface area (Å²) in [5, 5.41) is 15.2. The highest BCUT2D eigenvalue weighted by Crippen LogP contribution is 2.44. The first-order valence-electron chi connectivity index (χ1n) is 15.4. The van der Waals surface area contributed by atoms with Crippen molar-refractivity contribution in [3.8, 4) is 22.9 Å². The fourth-order valence-electron chi connectivity index (χ4n) is 8.06. The van der Waals surface area contributed by atoms with Crippen molar-refractivity contribution < 1.29 is 23.0 Å². The highest BCUT2D eigenvalue weighted by molar-refractivity contribution is 6.35. The summed E-state index contributed by atoms with van der Waals surface area (Å²) in [7, 11) is 0. The Hall–Kier alpha value is -3.34. The van der Waals surface area contributed by atoms with Crippen molar-refractivity contribution in [2.24, 2.45) is 0 Å². The number of phenols is 1. The third kappa shape index (κ3) is 4.64. The Labute approximate surface area is 258 Å². The summed E-state index contributed by atoms with van der Waals surface area (Å²) in [5.41, 5.74) is -0.364. The summed E-state index contributed by atoms with van der Waals surface area (Å²) in [4.78, 5) is 13.7. The zero-order valence-corrected chi connectivity index (χ0v) is 24.9. The molecule has 0 saturated carbocycles. The standard InChI is InChI=1S/C33H33ClF3N5O2/c34-25-13-24-30(29(37)28(25)23-12-22(43)11-18-3-1-4-26(36)27(18)23)39-32(44-17-33-8-2-9-42(33)15-19(35)14-33)40-31(24)41-10-7-20-5-6-21(16-41)38-20/h1,3-4,11-13,19-21,38,43H,2,5-10,14-17H2/t19-,20-,21?,33+/m1/s1. The zero-order valence-electron chi connectivity index (χ0n) is 24.1. The number of nitrogens with one attached hydrogen (secondary N) is 1. The molecule has 11 heteroatoms. The molecule has 4 saturated heterocycles. The molecule has 4 aliphatic rings. The van der Waals surface area contributed by atoms with E-state index in [2.05, 4.69) is 20.1 Å². The molecule has 8 rings (SSSR count). The molecule has 0 amide bonds. The molecule has 0 aliphatic carbocycles. The van der Waals surface area contributed by atoms with Crippen LogP contribution < -0.4 is 15.0 Å². The normalized spacial score (nSPS) is 26.9. The molecule has 0 radical (unpaired) electrons. The average molecular weight is 624 g/mol. The van der Waals surface area contributed by atoms with E-state index in [1.54, 1.807) is 12.1 Å². The van der Waals surface area contributed by atoms with Crippen LogP contribution >= 0.6 is 11.6 Å². The second kappa shape index (κ2) is 10.6. The summed E-state index contributed by atoms with van der Waals surface area (Å²) in [6.45, 7) is 2.81. The van der Waals surface area contributed by atoms with E-state index in [4.69, 9.17) is 21.3 Å². The number of aromatic nitrogens is 2. The highest BCUT2D eigenvalue weighted by atomic mass is 35.5. The van der Waals surface area contributed by atoms with Gasteiger partial charge in [-0.15, -0.1) is 0 Å². The maximum absolute atomic E-state index is 16.8. The van der Waals surface area contributed by atoms with Gasteiger partial charge in [0.1, 0.15) is 35.7 Å². The quantitative estimate of drug-likeness (QED) is 0.268. The van der Waals surface area contributed by atoms with Crippen LogP contribution in [0.2, 0.25) is 5.02 Å². The van der Waals surface area contributed by atoms with E-state index in [1.165, 1.54) is 24.3 Å². The summed E-state index contributed by atoms with van der Waals surface area (Å²) >= 11 is 6.81. The van der Waals surface area contributed by atoms with Crippen LogP contribution in [0.25, 0.3) is 32.8 Å². The Balaban J connectivity index is 1.28. The summed E-state index contributed by atoms with van der Waals surface area (Å²) in [6, 6.07) is 9.58. The van der Waals surface area contributed by atoms with Crippen molar-refractivity contribution in [2.75, 3.05) is 37.7 Å². The van der Waals surface area contributed by atoms with Crippen LogP contribution in [0.15, 0.2) is 36.4 Å². The fraction of sp³-hybridized carbons (Fsp3) is 0.455. The predicted molar refractivity (Wildman–Crippen MR) is 164 cm³/mol. The third-order valence-corrected chi connectivity index (χ3v) is 10.4. The van der Waals surface area contributed by atoms with E-state index in [0.717, 1.165) is 38.6 Å². The third-order valence-electron chi connectivity index (χ3n) is 10.1. The van der Waals surface area contributed by atoms with E-state index in [9.17, 15) is 9.50 Å². The van der Waals surface area contributed by atoms with Crippen molar-refractivity contribution in [3.63, 3.8) is 0 Å². The van der Waals surface area contributed by atoms with Crippen LogP contribution in [0.5, 0.6) is 11.8 Å². The number of hydrogen-bond acceptors (Lipinski definition) is 7. The van der Waals surface area contributed by atoms with Gasteiger partial charge in [-0.05, 0) is 68.3 Å². The molecule has 1 unspecified atom stereocenters. The van der Waals surface area contributed by atoms with Gasteiger partial charge in [-0.3, -0.25) is 4.90 Å². The summed E-state index contributed by atoms with van der Waals surface area (Å²) in [5.74, 6) is -0.933. The number of fused-ring (bicyclic) bond motifs is 5. The van der Waals surface area contributed by atoms with Crippen LogP contribution in [0.1, 0.15) is 38.5 Å². The number of ether oxygens (including phenoxy) is 1. The molecule has 7 nitrogen and oxygen atoms in total. The fourth-order valence-corrected chi connectivity index (χ4v) is 8.35. The van der Waals surface area contributed by atoms with Gasteiger partial charge in [-0.25, -0.2) is 13.2 Å². The van der Waals surface area contributed by atoms with Crippen molar-refractivity contribution in [1.29, 1.82) is 0 Å². The first-order chi connectivity index (χ1) is 21.3. The molecule has 5 heterocycles. The Bertz CT molecular complexity index is 1790. The lowest BCUT2D eigenvalue weighted by molar-refractivity contribution is 0.107. The minimum absolute atomic E-state index is 0.00448. The molecule has 230 valence electrons. The van der Waals surface area contributed by atoms with Crippen LogP contribution in [-0.2, 0) is 0 Å². The van der Waals surface area contributed by atoms with E-state index in [1.807, 2.05) is 0 Å². The minimum Gasteiger partial charge on any atom is -0.508 e. The molecule has 2 N–H and O–H groups in total. The van der Waals surface area contributed by atoms with Crippen LogP contribution in [0.4, 0.5) is 19.0 Å². The maximum atomic E-state index is 16.8. The molecule has 4 atom stereocenters. The highest BCUT2D eigenvalue weighted by Gasteiger charge is 2.49. The van der Waals surface area contributed by atoms with Gasteiger partial charge in [-0.2, -0.15) is 9.97 Å². The smallest absolute Gasteiger partial charge is 0.319 e. The van der Waals surface area contributed by atoms with E-state index in [-0.39, 0.29) is 51.5 Å². The SMILES string of the molecule is Oc1cc(-c2c(Cl)cc3c(N4CC[C@H]5CCC(C4)N5)nc(OC[C@@]45CCCN4C[C@H](F)C5)nc3c2F)c2c(F)cccc2c1. The zero-order chi connectivity index (χ0) is 30.2. The van der Waals surface area contributed by atoms with Gasteiger partial charge in [0.05, 0.1) is 10.6 Å². The molecule has 3 aromatic carbocycles. The van der Waals surface area contributed by atoms with E-state index >= 15 is 8.78 Å². The largest absolute Gasteiger partial charge is 0.508 e. The van der Waals surface area contributed by atoms with Gasteiger partial charge in [0, 0.05) is 60.0 Å². The predicted octanol–water partition coefficient (Wildman–Crippen LogP) is 6.37. The number of anilines is 1. The number of nitrogens with zero attached hydrogens (tertiary/aromatic N) is 4. The number of aromatic hydroxyl groups is 1.